The lowest BCUT2D eigenvalue weighted by Crippen LogP contribution is -2.48. The molecule has 2 atom stereocenters. The summed E-state index contributed by atoms with van der Waals surface area (Å²) in [7, 11) is 3.77. The van der Waals surface area contributed by atoms with Gasteiger partial charge in [-0.3, -0.25) is 9.59 Å². The summed E-state index contributed by atoms with van der Waals surface area (Å²) in [5.74, 6) is -1.09. The number of halogens is 6. The summed E-state index contributed by atoms with van der Waals surface area (Å²) in [6.07, 6.45) is -9.89. The smallest absolute Gasteiger partial charge is 0.392 e. The second kappa shape index (κ2) is 14.1. The summed E-state index contributed by atoms with van der Waals surface area (Å²) in [5, 5.41) is 12.5. The number of carbonyl (C=O) groups is 2. The molecule has 1 heterocycles. The number of nitrogens with one attached hydrogen (secondary N) is 1. The molecule has 0 bridgehead atoms. The van der Waals surface area contributed by atoms with E-state index < -0.39 is 52.6 Å². The van der Waals surface area contributed by atoms with Crippen molar-refractivity contribution in [3.63, 3.8) is 0 Å². The van der Waals surface area contributed by atoms with Gasteiger partial charge in [-0.15, -0.1) is 11.8 Å². The van der Waals surface area contributed by atoms with Gasteiger partial charge < -0.3 is 20.2 Å². The maximum atomic E-state index is 14.2. The number of rotatable bonds is 11. The van der Waals surface area contributed by atoms with Crippen LogP contribution in [0.5, 0.6) is 0 Å². The molecule has 0 saturated carbocycles. The van der Waals surface area contributed by atoms with Gasteiger partial charge in [-0.25, -0.2) is 0 Å². The zero-order valence-corrected chi connectivity index (χ0v) is 26.3. The largest absolute Gasteiger partial charge is 0.416 e. The molecule has 1 aliphatic heterocycles. The number of hydrogen-bond acceptors (Lipinski definition) is 5. The molecule has 0 unspecified atom stereocenters. The number of likely N-dealkylation sites (tertiary alicyclic amines) is 1. The average molecular weight is 668 g/mol. The minimum absolute atomic E-state index is 0.0408. The lowest BCUT2D eigenvalue weighted by molar-refractivity contribution is -0.143. The molecule has 1 saturated heterocycles. The number of thioether (sulfide) groups is 1. The fourth-order valence-corrected chi connectivity index (χ4v) is 6.89. The van der Waals surface area contributed by atoms with Crippen LogP contribution in [0.1, 0.15) is 52.3 Å². The van der Waals surface area contributed by atoms with Crippen molar-refractivity contribution >= 4 is 23.6 Å². The Bertz CT molecular complexity index is 1500. The summed E-state index contributed by atoms with van der Waals surface area (Å²) in [5.41, 5.74) is -1.43. The monoisotopic (exact) mass is 667 g/mol. The highest BCUT2D eigenvalue weighted by Crippen LogP contribution is 2.53. The SMILES string of the molecule is Cc1ccc(S[C@]2(C(=O)NCCCN(C)C)CC(=O)N(Cc3cc(C(F)(F)F)cc(C(F)(F)F)c3)[C@@H]2c2ccc(CO)cc2)cc1. The van der Waals surface area contributed by atoms with Crippen molar-refractivity contribution in [2.45, 2.75) is 61.0 Å². The van der Waals surface area contributed by atoms with Crippen molar-refractivity contribution in [3.05, 3.63) is 100 Å². The Balaban J connectivity index is 1.85. The van der Waals surface area contributed by atoms with Gasteiger partial charge in [0, 0.05) is 18.0 Å². The Morgan fingerprint density at radius 1 is 0.957 bits per heavy atom. The van der Waals surface area contributed by atoms with Crippen LogP contribution in [0.4, 0.5) is 26.3 Å². The third-order valence-electron chi connectivity index (χ3n) is 7.74. The fraction of sp³-hybridized carbons (Fsp3) is 0.394. The molecule has 1 fully saturated rings. The number of benzene rings is 3. The minimum Gasteiger partial charge on any atom is -0.392 e. The van der Waals surface area contributed by atoms with Crippen LogP contribution in [0.2, 0.25) is 0 Å². The summed E-state index contributed by atoms with van der Waals surface area (Å²) in [6.45, 7) is 1.95. The van der Waals surface area contributed by atoms with Crippen LogP contribution in [0.15, 0.2) is 71.6 Å². The Hall–Kier alpha value is -3.55. The first kappa shape index (κ1) is 35.3. The molecule has 248 valence electrons. The lowest BCUT2D eigenvalue weighted by atomic mass is 9.90. The number of amides is 2. The van der Waals surface area contributed by atoms with E-state index in [0.717, 1.165) is 17.3 Å². The van der Waals surface area contributed by atoms with Gasteiger partial charge >= 0.3 is 12.4 Å². The predicted molar refractivity (Wildman–Crippen MR) is 163 cm³/mol. The maximum absolute atomic E-state index is 14.2. The van der Waals surface area contributed by atoms with Gasteiger partial charge in [0.2, 0.25) is 11.8 Å². The molecule has 2 amide bonds. The van der Waals surface area contributed by atoms with E-state index in [4.69, 9.17) is 0 Å². The van der Waals surface area contributed by atoms with Crippen molar-refractivity contribution in [3.8, 4) is 0 Å². The summed E-state index contributed by atoms with van der Waals surface area (Å²) in [6, 6.07) is 13.8. The predicted octanol–water partition coefficient (Wildman–Crippen LogP) is 6.60. The second-order valence-corrected chi connectivity index (χ2v) is 13.0. The third-order valence-corrected chi connectivity index (χ3v) is 9.16. The average Bonchev–Trinajstić information content (AvgIpc) is 3.26. The van der Waals surface area contributed by atoms with Gasteiger partial charge in [0.1, 0.15) is 4.75 Å². The Labute approximate surface area is 267 Å². The van der Waals surface area contributed by atoms with Gasteiger partial charge in [-0.2, -0.15) is 26.3 Å². The van der Waals surface area contributed by atoms with Crippen LogP contribution in [0, 0.1) is 6.92 Å². The molecular weight excluding hydrogens is 632 g/mol. The summed E-state index contributed by atoms with van der Waals surface area (Å²) in [4.78, 5) is 31.9. The molecule has 46 heavy (non-hydrogen) atoms. The van der Waals surface area contributed by atoms with Crippen LogP contribution in [0.3, 0.4) is 0 Å². The molecule has 0 aromatic heterocycles. The van der Waals surface area contributed by atoms with Crippen LogP contribution in [0.25, 0.3) is 0 Å². The van der Waals surface area contributed by atoms with Gasteiger partial charge in [-0.1, -0.05) is 42.0 Å². The standard InChI is InChI=1S/C33H35F6N3O3S/c1-21-5-11-27(12-6-21)46-31(30(45)40-13-4-14-41(2)3)18-28(44)42(29(31)24-9-7-22(20-43)8-10-24)19-23-15-25(32(34,35)36)17-26(16-23)33(37,38)39/h5-12,15-17,29,43H,4,13-14,18-20H2,1-3H3,(H,40,45)/t29-,31-/m1/s1. The van der Waals surface area contributed by atoms with Gasteiger partial charge in [0.25, 0.3) is 0 Å². The van der Waals surface area contributed by atoms with Crippen molar-refractivity contribution in [2.75, 3.05) is 27.2 Å². The van der Waals surface area contributed by atoms with Crippen LogP contribution < -0.4 is 5.32 Å². The first-order valence-corrected chi connectivity index (χ1v) is 15.3. The number of aliphatic hydroxyl groups is 1. The highest BCUT2D eigenvalue weighted by atomic mass is 32.2. The number of nitrogens with zero attached hydrogens (tertiary/aromatic N) is 2. The molecule has 6 nitrogen and oxygen atoms in total. The summed E-state index contributed by atoms with van der Waals surface area (Å²) >= 11 is 1.13. The number of aryl methyl sites for hydroxylation is 1. The zero-order chi connectivity index (χ0) is 33.9. The van der Waals surface area contributed by atoms with Crippen LogP contribution in [-0.2, 0) is 35.1 Å². The lowest BCUT2D eigenvalue weighted by Gasteiger charge is -2.37. The fourth-order valence-electron chi connectivity index (χ4n) is 5.47. The quantitative estimate of drug-likeness (QED) is 0.178. The number of alkyl halides is 6. The van der Waals surface area contributed by atoms with Crippen LogP contribution >= 0.6 is 11.8 Å². The van der Waals surface area contributed by atoms with E-state index in [1.54, 1.807) is 36.4 Å². The first-order valence-electron chi connectivity index (χ1n) is 14.5. The third kappa shape index (κ3) is 8.23. The maximum Gasteiger partial charge on any atom is 0.416 e. The molecular formula is C33H35F6N3O3S. The Kier molecular flexibility index (Phi) is 10.8. The highest BCUT2D eigenvalue weighted by Gasteiger charge is 2.58. The minimum atomic E-state index is -5.07. The van der Waals surface area contributed by atoms with Gasteiger partial charge in [0.15, 0.2) is 0 Å². The molecule has 3 aromatic rings. The highest BCUT2D eigenvalue weighted by molar-refractivity contribution is 8.01. The molecule has 4 rings (SSSR count). The van der Waals surface area contributed by atoms with Gasteiger partial charge in [-0.05, 0) is 81.0 Å². The molecule has 1 aliphatic rings. The van der Waals surface area contributed by atoms with E-state index in [-0.39, 0.29) is 31.2 Å². The topological polar surface area (TPSA) is 72.9 Å². The van der Waals surface area contributed by atoms with E-state index in [9.17, 15) is 41.0 Å². The number of hydrogen-bond donors (Lipinski definition) is 2. The first-order chi connectivity index (χ1) is 21.5. The van der Waals surface area contributed by atoms with E-state index in [1.807, 2.05) is 38.1 Å². The van der Waals surface area contributed by atoms with Crippen molar-refractivity contribution in [1.29, 1.82) is 0 Å². The van der Waals surface area contributed by atoms with E-state index in [2.05, 4.69) is 5.32 Å². The zero-order valence-electron chi connectivity index (χ0n) is 25.5. The van der Waals surface area contributed by atoms with Crippen molar-refractivity contribution < 1.29 is 41.0 Å². The summed E-state index contributed by atoms with van der Waals surface area (Å²) < 4.78 is 80.7. The van der Waals surface area contributed by atoms with Crippen LogP contribution in [-0.4, -0.2) is 58.7 Å². The Morgan fingerprint density at radius 2 is 1.54 bits per heavy atom. The molecule has 0 radical (unpaired) electrons. The number of carbonyl (C=O) groups excluding carboxylic acids is 2. The molecule has 0 spiro atoms. The van der Waals surface area contributed by atoms with Crippen molar-refractivity contribution in [2.24, 2.45) is 0 Å². The van der Waals surface area contributed by atoms with E-state index in [0.29, 0.717) is 41.1 Å². The second-order valence-electron chi connectivity index (χ2n) is 11.6. The molecule has 0 aliphatic carbocycles. The van der Waals surface area contributed by atoms with Gasteiger partial charge in [0.05, 0.1) is 30.2 Å². The van der Waals surface area contributed by atoms with E-state index >= 15 is 0 Å². The molecule has 13 heteroatoms. The Morgan fingerprint density at radius 3 is 2.07 bits per heavy atom. The normalized spacial score (nSPS) is 18.8. The molecule has 2 N–H and O–H groups in total. The number of aliphatic hydroxyl groups excluding tert-OH is 1. The molecule has 3 aromatic carbocycles. The van der Waals surface area contributed by atoms with Crippen molar-refractivity contribution in [1.82, 2.24) is 15.1 Å². The van der Waals surface area contributed by atoms with E-state index in [1.165, 1.54) is 4.90 Å².